The van der Waals surface area contributed by atoms with Gasteiger partial charge in [0.2, 0.25) is 0 Å². The predicted molar refractivity (Wildman–Crippen MR) is 60.4 cm³/mol. The molecule has 0 unspecified atom stereocenters. The van der Waals surface area contributed by atoms with Crippen LogP contribution >= 0.6 is 0 Å². The maximum absolute atomic E-state index is 5.85. The highest BCUT2D eigenvalue weighted by Gasteiger charge is 2.06. The summed E-state index contributed by atoms with van der Waals surface area (Å²) < 4.78 is 15.8. The van der Waals surface area contributed by atoms with Crippen molar-refractivity contribution in [2.45, 2.75) is 6.61 Å². The van der Waals surface area contributed by atoms with E-state index < -0.39 is 0 Å². The van der Waals surface area contributed by atoms with Crippen LogP contribution in [0.15, 0.2) is 41.0 Å². The van der Waals surface area contributed by atoms with E-state index in [1.54, 1.807) is 25.5 Å². The maximum Gasteiger partial charge on any atom is 0.146 e. The number of benzene rings is 1. The Balaban J connectivity index is 2.09. The first kappa shape index (κ1) is 10.4. The van der Waals surface area contributed by atoms with Gasteiger partial charge >= 0.3 is 0 Å². The minimum absolute atomic E-state index is 0.352. The summed E-state index contributed by atoms with van der Waals surface area (Å²) in [5.74, 6) is 1.95. The highest BCUT2D eigenvalue weighted by Crippen LogP contribution is 2.31. The van der Waals surface area contributed by atoms with E-state index in [0.717, 1.165) is 5.76 Å². The molecule has 2 N–H and O–H groups in total. The van der Waals surface area contributed by atoms with Crippen molar-refractivity contribution in [3.8, 4) is 11.5 Å². The van der Waals surface area contributed by atoms with Crippen LogP contribution in [0.1, 0.15) is 5.76 Å². The molecule has 84 valence electrons. The second-order valence-corrected chi connectivity index (χ2v) is 3.24. The van der Waals surface area contributed by atoms with Gasteiger partial charge in [0.15, 0.2) is 0 Å². The maximum atomic E-state index is 5.85. The molecule has 0 aliphatic heterocycles. The number of methoxy groups -OCH3 is 1. The third-order valence-corrected chi connectivity index (χ3v) is 2.20. The number of nitrogens with two attached hydrogens (primary N) is 1. The Labute approximate surface area is 93.6 Å². The lowest BCUT2D eigenvalue weighted by Gasteiger charge is -2.10. The van der Waals surface area contributed by atoms with Gasteiger partial charge in [-0.15, -0.1) is 0 Å². The van der Waals surface area contributed by atoms with Gasteiger partial charge in [-0.25, -0.2) is 0 Å². The van der Waals surface area contributed by atoms with Gasteiger partial charge in [-0.05, 0) is 24.3 Å². The van der Waals surface area contributed by atoms with E-state index in [4.69, 9.17) is 19.6 Å². The van der Waals surface area contributed by atoms with E-state index in [9.17, 15) is 0 Å². The molecule has 0 saturated heterocycles. The van der Waals surface area contributed by atoms with Crippen LogP contribution in [0.3, 0.4) is 0 Å². The van der Waals surface area contributed by atoms with Crippen molar-refractivity contribution in [2.75, 3.05) is 12.8 Å². The Morgan fingerprint density at radius 2 is 2.00 bits per heavy atom. The van der Waals surface area contributed by atoms with E-state index in [2.05, 4.69) is 0 Å². The largest absolute Gasteiger partial charge is 0.494 e. The lowest BCUT2D eigenvalue weighted by molar-refractivity contribution is 0.270. The Morgan fingerprint density at radius 1 is 1.19 bits per heavy atom. The average Bonchev–Trinajstić information content (AvgIpc) is 2.81. The Morgan fingerprint density at radius 3 is 2.69 bits per heavy atom. The van der Waals surface area contributed by atoms with Crippen molar-refractivity contribution in [1.29, 1.82) is 0 Å². The van der Waals surface area contributed by atoms with Crippen molar-refractivity contribution >= 4 is 5.69 Å². The third kappa shape index (κ3) is 2.11. The highest BCUT2D eigenvalue weighted by atomic mass is 16.5. The Kier molecular flexibility index (Phi) is 3.00. The summed E-state index contributed by atoms with van der Waals surface area (Å²) in [6.45, 7) is 0.352. The van der Waals surface area contributed by atoms with E-state index in [-0.39, 0.29) is 0 Å². The molecule has 0 spiro atoms. The zero-order valence-electron chi connectivity index (χ0n) is 8.97. The minimum atomic E-state index is 0.352. The third-order valence-electron chi connectivity index (χ3n) is 2.20. The molecule has 0 bridgehead atoms. The fraction of sp³-hybridized carbons (Fsp3) is 0.167. The van der Waals surface area contributed by atoms with Crippen LogP contribution in [0.5, 0.6) is 11.5 Å². The van der Waals surface area contributed by atoms with Gasteiger partial charge in [0.1, 0.15) is 29.6 Å². The van der Waals surface area contributed by atoms with Crippen molar-refractivity contribution in [3.05, 3.63) is 42.4 Å². The first-order valence-electron chi connectivity index (χ1n) is 4.89. The summed E-state index contributed by atoms with van der Waals surface area (Å²) in [5, 5.41) is 0. The number of para-hydroxylation sites is 1. The van der Waals surface area contributed by atoms with Crippen molar-refractivity contribution < 1.29 is 13.9 Å². The Bertz CT molecular complexity index is 451. The fourth-order valence-corrected chi connectivity index (χ4v) is 1.37. The number of anilines is 1. The number of ether oxygens (including phenoxy) is 2. The number of furan rings is 1. The van der Waals surface area contributed by atoms with Gasteiger partial charge in [-0.3, -0.25) is 0 Å². The van der Waals surface area contributed by atoms with Crippen LogP contribution < -0.4 is 15.2 Å². The molecular formula is C12H13NO3. The molecule has 1 aromatic heterocycles. The van der Waals surface area contributed by atoms with Crippen LogP contribution in [0.4, 0.5) is 5.69 Å². The van der Waals surface area contributed by atoms with E-state index in [1.807, 2.05) is 18.2 Å². The minimum Gasteiger partial charge on any atom is -0.494 e. The lowest BCUT2D eigenvalue weighted by Crippen LogP contribution is -1.99. The summed E-state index contributed by atoms with van der Waals surface area (Å²) in [4.78, 5) is 0. The van der Waals surface area contributed by atoms with Crippen molar-refractivity contribution in [2.24, 2.45) is 0 Å². The summed E-state index contributed by atoms with van der Waals surface area (Å²) in [5.41, 5.74) is 6.35. The molecule has 0 fully saturated rings. The second-order valence-electron chi connectivity index (χ2n) is 3.24. The monoisotopic (exact) mass is 219 g/mol. The molecule has 4 nitrogen and oxygen atoms in total. The van der Waals surface area contributed by atoms with Crippen LogP contribution in [0.25, 0.3) is 0 Å². The summed E-state index contributed by atoms with van der Waals surface area (Å²) in [7, 11) is 1.57. The normalized spacial score (nSPS) is 10.1. The molecule has 0 amide bonds. The van der Waals surface area contributed by atoms with Gasteiger partial charge in [0.25, 0.3) is 0 Å². The number of nitrogen functional groups attached to an aromatic ring is 1. The van der Waals surface area contributed by atoms with Crippen molar-refractivity contribution in [1.82, 2.24) is 0 Å². The van der Waals surface area contributed by atoms with Crippen LogP contribution in [0, 0.1) is 0 Å². The Hall–Kier alpha value is -2.10. The molecule has 0 aliphatic rings. The second kappa shape index (κ2) is 4.61. The molecule has 16 heavy (non-hydrogen) atoms. The van der Waals surface area contributed by atoms with Gasteiger partial charge in [0.05, 0.1) is 13.4 Å². The number of hydrogen-bond donors (Lipinski definition) is 1. The molecule has 1 heterocycles. The summed E-state index contributed by atoms with van der Waals surface area (Å²) >= 11 is 0. The number of rotatable bonds is 4. The van der Waals surface area contributed by atoms with E-state index >= 15 is 0 Å². The van der Waals surface area contributed by atoms with Crippen molar-refractivity contribution in [3.63, 3.8) is 0 Å². The molecule has 0 saturated carbocycles. The quantitative estimate of drug-likeness (QED) is 0.802. The molecular weight excluding hydrogens is 206 g/mol. The smallest absolute Gasteiger partial charge is 0.146 e. The average molecular weight is 219 g/mol. The zero-order valence-corrected chi connectivity index (χ0v) is 8.97. The molecule has 2 aromatic rings. The summed E-state index contributed by atoms with van der Waals surface area (Å²) in [6.07, 6.45) is 1.60. The first-order chi connectivity index (χ1) is 7.81. The molecule has 0 atom stereocenters. The lowest BCUT2D eigenvalue weighted by atomic mass is 10.3. The summed E-state index contributed by atoms with van der Waals surface area (Å²) in [6, 6.07) is 9.06. The fourth-order valence-electron chi connectivity index (χ4n) is 1.37. The van der Waals surface area contributed by atoms with Gasteiger partial charge in [-0.1, -0.05) is 6.07 Å². The van der Waals surface area contributed by atoms with Crippen LogP contribution in [-0.2, 0) is 6.61 Å². The van der Waals surface area contributed by atoms with E-state index in [1.165, 1.54) is 0 Å². The van der Waals surface area contributed by atoms with Crippen LogP contribution in [0.2, 0.25) is 0 Å². The molecule has 0 radical (unpaired) electrons. The SMILES string of the molecule is COc1cccc(OCc2ccco2)c1N. The van der Waals surface area contributed by atoms with E-state index in [0.29, 0.717) is 23.8 Å². The standard InChI is InChI=1S/C12H13NO3/c1-14-10-5-2-6-11(12(10)13)16-8-9-4-3-7-15-9/h2-7H,8,13H2,1H3. The highest BCUT2D eigenvalue weighted by molar-refractivity contribution is 5.62. The molecule has 1 aromatic carbocycles. The van der Waals surface area contributed by atoms with Crippen LogP contribution in [-0.4, -0.2) is 7.11 Å². The zero-order chi connectivity index (χ0) is 11.4. The predicted octanol–water partition coefficient (Wildman–Crippen LogP) is 2.45. The molecule has 4 heteroatoms. The van der Waals surface area contributed by atoms with Gasteiger partial charge < -0.3 is 19.6 Å². The number of hydrogen-bond acceptors (Lipinski definition) is 4. The van der Waals surface area contributed by atoms with Gasteiger partial charge in [0, 0.05) is 0 Å². The molecule has 2 rings (SSSR count). The molecule has 0 aliphatic carbocycles. The van der Waals surface area contributed by atoms with Gasteiger partial charge in [-0.2, -0.15) is 0 Å². The topological polar surface area (TPSA) is 57.6 Å². The first-order valence-corrected chi connectivity index (χ1v) is 4.89.